The normalized spacial score (nSPS) is 14.5. The molecule has 1 aromatic rings. The lowest BCUT2D eigenvalue weighted by atomic mass is 9.89. The quantitative estimate of drug-likeness (QED) is 0.152. The minimum atomic E-state index is -8.74. The fourth-order valence-corrected chi connectivity index (χ4v) is 3.78. The van der Waals surface area contributed by atoms with Crippen LogP contribution in [0, 0.1) is 18.3 Å². The van der Waals surface area contributed by atoms with E-state index in [9.17, 15) is 79.8 Å². The lowest BCUT2D eigenvalue weighted by molar-refractivity contribution is -0.445. The highest BCUT2D eigenvalue weighted by atomic mass is 35.5. The number of hydrogen-bond acceptors (Lipinski definition) is 5. The summed E-state index contributed by atoms with van der Waals surface area (Å²) in [5.41, 5.74) is -1.48. The number of carbonyl (C=O) groups is 2. The molecule has 0 aliphatic heterocycles. The molecule has 5 nitrogen and oxygen atoms in total. The summed E-state index contributed by atoms with van der Waals surface area (Å²) in [7, 11) is 0. The lowest BCUT2D eigenvalue weighted by Crippen LogP contribution is -2.75. The Labute approximate surface area is 225 Å². The number of esters is 1. The standard InChI is InChI=1S/C18H9ClF16N2O3S/c1-3-40-9(38)7-5(2)6(4-36)8(41-7)37-10(39)11(20,21)12(22,23)13(24,25)14(26,27)15(28,29)16(30,31)17(32,33)18(19,34)35/h3H2,1-2H3,(H,37,39). The molecule has 0 aromatic carbocycles. The van der Waals surface area contributed by atoms with E-state index < -0.39 is 79.7 Å². The van der Waals surface area contributed by atoms with E-state index in [0.29, 0.717) is 5.32 Å². The second kappa shape index (κ2) is 10.5. The second-order valence-corrected chi connectivity index (χ2v) is 9.06. The van der Waals surface area contributed by atoms with Crippen LogP contribution < -0.4 is 5.32 Å². The van der Waals surface area contributed by atoms with Crippen LogP contribution in [0.15, 0.2) is 0 Å². The highest BCUT2D eigenvalue weighted by molar-refractivity contribution is 7.18. The molecule has 0 saturated carbocycles. The molecule has 0 spiro atoms. The zero-order valence-electron chi connectivity index (χ0n) is 19.2. The van der Waals surface area contributed by atoms with E-state index in [0.717, 1.165) is 13.0 Å². The Morgan fingerprint density at radius 2 is 1.20 bits per heavy atom. The monoisotopic (exact) mass is 672 g/mol. The molecule has 1 aromatic heterocycles. The molecule has 41 heavy (non-hydrogen) atoms. The van der Waals surface area contributed by atoms with Crippen LogP contribution in [0.25, 0.3) is 0 Å². The Kier molecular flexibility index (Phi) is 9.34. The maximum atomic E-state index is 14.2. The highest BCUT2D eigenvalue weighted by Crippen LogP contribution is 2.64. The van der Waals surface area contributed by atoms with Crippen molar-refractivity contribution in [3.05, 3.63) is 16.0 Å². The number of thiophene rings is 1. The van der Waals surface area contributed by atoms with E-state index in [4.69, 9.17) is 5.26 Å². The summed E-state index contributed by atoms with van der Waals surface area (Å²) in [5.74, 6) is -63.0. The summed E-state index contributed by atoms with van der Waals surface area (Å²) < 4.78 is 222. The Hall–Kier alpha value is -2.70. The molecule has 0 aliphatic carbocycles. The van der Waals surface area contributed by atoms with Gasteiger partial charge < -0.3 is 10.1 Å². The third kappa shape index (κ3) is 5.12. The molecule has 0 bridgehead atoms. The number of alkyl halides is 17. The van der Waals surface area contributed by atoms with Crippen molar-refractivity contribution < 1.29 is 84.6 Å². The summed E-state index contributed by atoms with van der Waals surface area (Å²) in [6.07, 6.45) is 0. The maximum absolute atomic E-state index is 14.2. The molecule has 1 rings (SSSR count). The van der Waals surface area contributed by atoms with Gasteiger partial charge >= 0.3 is 58.7 Å². The number of anilines is 1. The first-order valence-electron chi connectivity index (χ1n) is 9.70. The molecule has 0 radical (unpaired) electrons. The molecule has 0 saturated heterocycles. The van der Waals surface area contributed by atoms with Gasteiger partial charge in [-0.2, -0.15) is 75.5 Å². The smallest absolute Gasteiger partial charge is 0.393 e. The molecule has 0 atom stereocenters. The third-order valence-corrected chi connectivity index (χ3v) is 6.38. The van der Waals surface area contributed by atoms with Crippen molar-refractivity contribution in [3.63, 3.8) is 0 Å². The van der Waals surface area contributed by atoms with Gasteiger partial charge in [0.2, 0.25) is 0 Å². The van der Waals surface area contributed by atoms with Crippen molar-refractivity contribution in [2.75, 3.05) is 11.9 Å². The van der Waals surface area contributed by atoms with Crippen LogP contribution in [-0.4, -0.2) is 65.3 Å². The van der Waals surface area contributed by atoms with Crippen LogP contribution in [0.2, 0.25) is 0 Å². The summed E-state index contributed by atoms with van der Waals surface area (Å²) in [5, 5.41) is 1.48. The lowest BCUT2D eigenvalue weighted by Gasteiger charge is -2.42. The summed E-state index contributed by atoms with van der Waals surface area (Å²) >= 11 is 3.24. The molecule has 1 N–H and O–H groups in total. The summed E-state index contributed by atoms with van der Waals surface area (Å²) in [6.45, 7) is 1.79. The molecule has 1 heterocycles. The van der Waals surface area contributed by atoms with Gasteiger partial charge in [-0.15, -0.1) is 11.3 Å². The molecular weight excluding hydrogens is 664 g/mol. The van der Waals surface area contributed by atoms with E-state index >= 15 is 0 Å². The minimum absolute atomic E-state index is 0.189. The summed E-state index contributed by atoms with van der Waals surface area (Å²) in [6, 6.07) is 1.16. The third-order valence-electron chi connectivity index (χ3n) is 4.95. The zero-order valence-corrected chi connectivity index (χ0v) is 20.8. The average molecular weight is 673 g/mol. The van der Waals surface area contributed by atoms with Gasteiger partial charge in [0.05, 0.1) is 12.2 Å². The van der Waals surface area contributed by atoms with Gasteiger partial charge in [0.1, 0.15) is 15.9 Å². The Bertz CT molecular complexity index is 1240. The first-order valence-corrected chi connectivity index (χ1v) is 10.9. The number of nitriles is 1. The van der Waals surface area contributed by atoms with E-state index in [-0.39, 0.29) is 17.9 Å². The SMILES string of the molecule is CCOC(=O)c1sc(NC(=O)C(F)(F)C(F)(F)C(F)(F)C(F)(F)C(F)(F)C(F)(F)C(F)(F)C(F)(F)Cl)c(C#N)c1C. The number of halogens is 17. The average Bonchev–Trinajstić information content (AvgIpc) is 3.12. The zero-order chi connectivity index (χ0) is 33.0. The largest absolute Gasteiger partial charge is 0.462 e. The van der Waals surface area contributed by atoms with Gasteiger partial charge in [-0.25, -0.2) is 4.79 Å². The van der Waals surface area contributed by atoms with Gasteiger partial charge in [0.15, 0.2) is 0 Å². The predicted octanol–water partition coefficient (Wildman–Crippen LogP) is 7.32. The molecule has 23 heteroatoms. The van der Waals surface area contributed by atoms with Gasteiger partial charge in [-0.3, -0.25) is 4.79 Å². The van der Waals surface area contributed by atoms with E-state index in [1.54, 1.807) is 0 Å². The van der Waals surface area contributed by atoms with Crippen molar-refractivity contribution >= 4 is 39.8 Å². The number of rotatable bonds is 11. The van der Waals surface area contributed by atoms with Gasteiger partial charge in [-0.1, -0.05) is 0 Å². The molecule has 0 unspecified atom stereocenters. The van der Waals surface area contributed by atoms with Crippen molar-refractivity contribution in [2.24, 2.45) is 0 Å². The minimum Gasteiger partial charge on any atom is -0.462 e. The van der Waals surface area contributed by atoms with Crippen molar-refractivity contribution in [1.82, 2.24) is 0 Å². The number of nitrogens with one attached hydrogen (secondary N) is 1. The topological polar surface area (TPSA) is 79.2 Å². The molecule has 234 valence electrons. The molecule has 1 amide bonds. The van der Waals surface area contributed by atoms with Gasteiger partial charge in [-0.05, 0) is 31.0 Å². The van der Waals surface area contributed by atoms with Crippen LogP contribution in [0.4, 0.5) is 75.2 Å². The Balaban J connectivity index is 3.65. The number of hydrogen-bond donors (Lipinski definition) is 1. The molecular formula is C18H9ClF16N2O3S. The van der Waals surface area contributed by atoms with Crippen molar-refractivity contribution in [3.8, 4) is 6.07 Å². The molecule has 0 aliphatic rings. The highest BCUT2D eigenvalue weighted by Gasteiger charge is 2.95. The summed E-state index contributed by atoms with van der Waals surface area (Å²) in [4.78, 5) is 22.9. The number of carbonyl (C=O) groups excluding carboxylic acids is 2. The first-order chi connectivity index (χ1) is 18.0. The van der Waals surface area contributed by atoms with Crippen LogP contribution in [0.3, 0.4) is 0 Å². The van der Waals surface area contributed by atoms with E-state index in [1.165, 1.54) is 6.92 Å². The maximum Gasteiger partial charge on any atom is 0.393 e. The van der Waals surface area contributed by atoms with E-state index in [1.807, 2.05) is 0 Å². The first kappa shape index (κ1) is 36.3. The van der Waals surface area contributed by atoms with Crippen LogP contribution in [0.1, 0.15) is 27.7 Å². The molecule has 0 fully saturated rings. The Morgan fingerprint density at radius 3 is 1.56 bits per heavy atom. The van der Waals surface area contributed by atoms with Crippen molar-refractivity contribution in [1.29, 1.82) is 5.26 Å². The number of nitrogens with zero attached hydrogens (tertiary/aromatic N) is 1. The van der Waals surface area contributed by atoms with Gasteiger partial charge in [0, 0.05) is 0 Å². The van der Waals surface area contributed by atoms with Crippen LogP contribution in [0.5, 0.6) is 0 Å². The van der Waals surface area contributed by atoms with E-state index in [2.05, 4.69) is 16.3 Å². The number of ether oxygens (including phenoxy) is 1. The fraction of sp³-hybridized carbons (Fsp3) is 0.611. The fourth-order valence-electron chi connectivity index (χ4n) is 2.62. The van der Waals surface area contributed by atoms with Crippen LogP contribution in [-0.2, 0) is 9.53 Å². The Morgan fingerprint density at radius 1 is 0.805 bits per heavy atom. The predicted molar refractivity (Wildman–Crippen MR) is 104 cm³/mol. The van der Waals surface area contributed by atoms with Crippen molar-refractivity contribution in [2.45, 2.75) is 60.7 Å². The van der Waals surface area contributed by atoms with Gasteiger partial charge in [0.25, 0.3) is 0 Å². The second-order valence-electron chi connectivity index (χ2n) is 7.57. The van der Waals surface area contributed by atoms with Crippen LogP contribution >= 0.6 is 22.9 Å². The number of amides is 1.